The number of hydrogen-bond donors (Lipinski definition) is 3. The second kappa shape index (κ2) is 7.86. The molecule has 0 saturated heterocycles. The zero-order valence-electron chi connectivity index (χ0n) is 14.9. The lowest BCUT2D eigenvalue weighted by molar-refractivity contribution is -0.141. The maximum atomic E-state index is 12.2. The number of carbonyl (C=O) groups excluding carboxylic acids is 2. The molecule has 0 aliphatic heterocycles. The van der Waals surface area contributed by atoms with Crippen molar-refractivity contribution >= 4 is 34.4 Å². The number of rotatable bonds is 5. The van der Waals surface area contributed by atoms with Crippen LogP contribution in [0.2, 0.25) is 0 Å². The van der Waals surface area contributed by atoms with E-state index in [9.17, 15) is 19.5 Å². The summed E-state index contributed by atoms with van der Waals surface area (Å²) in [6.07, 6.45) is -1.30. The molecule has 1 unspecified atom stereocenters. The molecule has 0 fully saturated rings. The summed E-state index contributed by atoms with van der Waals surface area (Å²) in [5.74, 6) is -1.84. The first-order valence-corrected chi connectivity index (χ1v) is 8.15. The fourth-order valence-corrected chi connectivity index (χ4v) is 2.31. The third-order valence-corrected chi connectivity index (χ3v) is 3.41. The maximum Gasteiger partial charge on any atom is 0.408 e. The van der Waals surface area contributed by atoms with Crippen LogP contribution in [0.1, 0.15) is 27.2 Å². The van der Waals surface area contributed by atoms with E-state index in [-0.39, 0.29) is 0 Å². The highest BCUT2D eigenvalue weighted by Crippen LogP contribution is 2.19. The van der Waals surface area contributed by atoms with Gasteiger partial charge in [-0.15, -0.1) is 0 Å². The van der Waals surface area contributed by atoms with Crippen molar-refractivity contribution in [2.75, 3.05) is 5.32 Å². The predicted octanol–water partition coefficient (Wildman–Crippen LogP) is 3.15. The molecule has 2 aromatic carbocycles. The lowest BCUT2D eigenvalue weighted by Gasteiger charge is -2.21. The van der Waals surface area contributed by atoms with E-state index in [1.807, 2.05) is 30.3 Å². The molecule has 2 rings (SSSR count). The first-order valence-electron chi connectivity index (χ1n) is 8.15. The van der Waals surface area contributed by atoms with Crippen LogP contribution in [-0.4, -0.2) is 34.7 Å². The Morgan fingerprint density at radius 2 is 1.73 bits per heavy atom. The van der Waals surface area contributed by atoms with Gasteiger partial charge in [-0.25, -0.2) is 9.59 Å². The molecule has 2 aromatic rings. The SMILES string of the molecule is CC(C)(C)OC(=O)NC(CC(=O)Nc1ccc2ccccc2c1)C(=O)O. The number of aliphatic carboxylic acids is 1. The molecule has 138 valence electrons. The summed E-state index contributed by atoms with van der Waals surface area (Å²) in [6, 6.07) is 11.7. The summed E-state index contributed by atoms with van der Waals surface area (Å²) < 4.78 is 5.02. The van der Waals surface area contributed by atoms with Gasteiger partial charge in [0.05, 0.1) is 6.42 Å². The van der Waals surface area contributed by atoms with Gasteiger partial charge >= 0.3 is 12.1 Å². The second-order valence-electron chi connectivity index (χ2n) is 6.85. The number of carbonyl (C=O) groups is 3. The molecular weight excluding hydrogens is 336 g/mol. The molecule has 7 nitrogen and oxygen atoms in total. The number of carboxylic acids is 1. The number of alkyl carbamates (subject to hydrolysis) is 1. The molecule has 0 bridgehead atoms. The largest absolute Gasteiger partial charge is 0.480 e. The van der Waals surface area contributed by atoms with Crippen LogP contribution in [0.25, 0.3) is 10.8 Å². The minimum absolute atomic E-state index is 0.415. The molecule has 7 heteroatoms. The van der Waals surface area contributed by atoms with Crippen LogP contribution in [-0.2, 0) is 14.3 Å². The molecule has 0 spiro atoms. The fourth-order valence-electron chi connectivity index (χ4n) is 2.31. The third-order valence-electron chi connectivity index (χ3n) is 3.41. The smallest absolute Gasteiger partial charge is 0.408 e. The highest BCUT2D eigenvalue weighted by atomic mass is 16.6. The number of amides is 2. The maximum absolute atomic E-state index is 12.2. The van der Waals surface area contributed by atoms with Gasteiger partial charge in [-0.3, -0.25) is 4.79 Å². The van der Waals surface area contributed by atoms with E-state index in [0.29, 0.717) is 5.69 Å². The molecule has 0 saturated carbocycles. The van der Waals surface area contributed by atoms with Gasteiger partial charge < -0.3 is 20.5 Å². The number of nitrogens with one attached hydrogen (secondary N) is 2. The van der Waals surface area contributed by atoms with Crippen molar-refractivity contribution in [2.24, 2.45) is 0 Å². The van der Waals surface area contributed by atoms with Gasteiger partial charge in [-0.1, -0.05) is 30.3 Å². The number of anilines is 1. The number of hydrogen-bond acceptors (Lipinski definition) is 4. The molecule has 3 N–H and O–H groups in total. The molecule has 2 amide bonds. The quantitative estimate of drug-likeness (QED) is 0.761. The molecule has 0 heterocycles. The van der Waals surface area contributed by atoms with E-state index in [2.05, 4.69) is 10.6 Å². The number of ether oxygens (including phenoxy) is 1. The Kier molecular flexibility index (Phi) is 5.82. The van der Waals surface area contributed by atoms with E-state index in [1.165, 1.54) is 0 Å². The van der Waals surface area contributed by atoms with Crippen LogP contribution in [0.3, 0.4) is 0 Å². The average Bonchev–Trinajstić information content (AvgIpc) is 2.52. The number of benzene rings is 2. The topological polar surface area (TPSA) is 105 Å². The number of carboxylic acid groups (broad SMARTS) is 1. The van der Waals surface area contributed by atoms with E-state index < -0.39 is 36.0 Å². The molecule has 0 aliphatic carbocycles. The van der Waals surface area contributed by atoms with Crippen LogP contribution < -0.4 is 10.6 Å². The normalized spacial score (nSPS) is 12.3. The minimum Gasteiger partial charge on any atom is -0.480 e. The Balaban J connectivity index is 2.00. The standard InChI is InChI=1S/C19H22N2O5/c1-19(2,3)26-18(25)21-15(17(23)24)11-16(22)20-14-9-8-12-6-4-5-7-13(12)10-14/h4-10,15H,11H2,1-3H3,(H,20,22)(H,21,25)(H,23,24). The van der Waals surface area contributed by atoms with Gasteiger partial charge in [0.1, 0.15) is 11.6 Å². The van der Waals surface area contributed by atoms with Gasteiger partial charge in [0, 0.05) is 5.69 Å². The summed E-state index contributed by atoms with van der Waals surface area (Å²) >= 11 is 0. The van der Waals surface area contributed by atoms with Crippen LogP contribution in [0.4, 0.5) is 10.5 Å². The van der Waals surface area contributed by atoms with Crippen molar-refractivity contribution in [2.45, 2.75) is 38.8 Å². The van der Waals surface area contributed by atoms with Gasteiger partial charge in [0.2, 0.25) is 5.91 Å². The Labute approximate surface area is 151 Å². The van der Waals surface area contributed by atoms with Crippen molar-refractivity contribution in [1.82, 2.24) is 5.32 Å². The van der Waals surface area contributed by atoms with Gasteiger partial charge in [0.25, 0.3) is 0 Å². The van der Waals surface area contributed by atoms with Crippen molar-refractivity contribution in [3.8, 4) is 0 Å². The third kappa shape index (κ3) is 5.77. The molecule has 0 aromatic heterocycles. The first kappa shape index (κ1) is 19.2. The van der Waals surface area contributed by atoms with Crippen molar-refractivity contribution in [3.63, 3.8) is 0 Å². The van der Waals surface area contributed by atoms with Crippen LogP contribution >= 0.6 is 0 Å². The molecule has 0 aliphatic rings. The van der Waals surface area contributed by atoms with E-state index in [1.54, 1.807) is 32.9 Å². The lowest BCUT2D eigenvalue weighted by atomic mass is 10.1. The summed E-state index contributed by atoms with van der Waals surface area (Å²) in [4.78, 5) is 35.2. The molecule has 26 heavy (non-hydrogen) atoms. The molecule has 1 atom stereocenters. The molecular formula is C19H22N2O5. The zero-order valence-corrected chi connectivity index (χ0v) is 14.9. The molecule has 0 radical (unpaired) electrons. The monoisotopic (exact) mass is 358 g/mol. The van der Waals surface area contributed by atoms with E-state index in [4.69, 9.17) is 4.74 Å². The summed E-state index contributed by atoms with van der Waals surface area (Å²) in [5.41, 5.74) is -0.212. The fraction of sp³-hybridized carbons (Fsp3) is 0.316. The van der Waals surface area contributed by atoms with E-state index in [0.717, 1.165) is 10.8 Å². The van der Waals surface area contributed by atoms with Gasteiger partial charge in [0.15, 0.2) is 0 Å². The summed E-state index contributed by atoms with van der Waals surface area (Å²) in [7, 11) is 0. The lowest BCUT2D eigenvalue weighted by Crippen LogP contribution is -2.45. The van der Waals surface area contributed by atoms with Crippen LogP contribution in [0, 0.1) is 0 Å². The number of fused-ring (bicyclic) bond motifs is 1. The van der Waals surface area contributed by atoms with Crippen molar-refractivity contribution in [3.05, 3.63) is 42.5 Å². The Bertz CT molecular complexity index is 826. The first-order chi connectivity index (χ1) is 12.1. The summed E-state index contributed by atoms with van der Waals surface area (Å²) in [6.45, 7) is 4.98. The van der Waals surface area contributed by atoms with Crippen molar-refractivity contribution in [1.29, 1.82) is 0 Å². The van der Waals surface area contributed by atoms with E-state index >= 15 is 0 Å². The van der Waals surface area contributed by atoms with Gasteiger partial charge in [-0.2, -0.15) is 0 Å². The average molecular weight is 358 g/mol. The zero-order chi connectivity index (χ0) is 19.3. The summed E-state index contributed by atoms with van der Waals surface area (Å²) in [5, 5.41) is 16.0. The highest BCUT2D eigenvalue weighted by Gasteiger charge is 2.26. The minimum atomic E-state index is -1.38. The second-order valence-corrected chi connectivity index (χ2v) is 6.85. The Morgan fingerprint density at radius 1 is 1.08 bits per heavy atom. The van der Waals surface area contributed by atoms with Gasteiger partial charge in [-0.05, 0) is 43.7 Å². The van der Waals surface area contributed by atoms with Crippen LogP contribution in [0.15, 0.2) is 42.5 Å². The Hall–Kier alpha value is -3.09. The Morgan fingerprint density at radius 3 is 2.35 bits per heavy atom. The highest BCUT2D eigenvalue weighted by molar-refractivity contribution is 5.97. The van der Waals surface area contributed by atoms with Crippen molar-refractivity contribution < 1.29 is 24.2 Å². The predicted molar refractivity (Wildman–Crippen MR) is 98.0 cm³/mol. The van der Waals surface area contributed by atoms with Crippen LogP contribution in [0.5, 0.6) is 0 Å².